The highest BCUT2D eigenvalue weighted by Gasteiger charge is 2.60. The molecule has 220 valence electrons. The number of nitrogens with zero attached hydrogens (tertiary/aromatic N) is 1. The predicted molar refractivity (Wildman–Crippen MR) is 168 cm³/mol. The van der Waals surface area contributed by atoms with Gasteiger partial charge in [-0.1, -0.05) is 80.6 Å². The quantitative estimate of drug-likeness (QED) is 0.282. The van der Waals surface area contributed by atoms with Gasteiger partial charge >= 0.3 is 10.0 Å². The molecule has 41 heavy (non-hydrogen) atoms. The lowest BCUT2D eigenvalue weighted by atomic mass is 9.75. The number of carbonyl (C=O) groups excluding carboxylic acids is 1. The number of benzene rings is 3. The first-order valence-electron chi connectivity index (χ1n) is 13.5. The fraction of sp³-hybridized carbons (Fsp3) is 0.367. The van der Waals surface area contributed by atoms with Gasteiger partial charge in [0.05, 0.1) is 24.9 Å². The molecule has 2 aliphatic heterocycles. The number of halogens is 2. The van der Waals surface area contributed by atoms with E-state index in [0.717, 1.165) is 47.1 Å². The Balaban J connectivity index is 0.00000387. The molecule has 0 radical (unpaired) electrons. The van der Waals surface area contributed by atoms with Gasteiger partial charge in [0.1, 0.15) is 12.6 Å². The Morgan fingerprint density at radius 1 is 1.02 bits per heavy atom. The minimum atomic E-state index is -3.81. The molecule has 5 rings (SSSR count). The zero-order valence-corrected chi connectivity index (χ0v) is 26.2. The highest BCUT2D eigenvalue weighted by atomic mass is 79.9. The second-order valence-electron chi connectivity index (χ2n) is 10.7. The summed E-state index contributed by atoms with van der Waals surface area (Å²) in [6.45, 7) is 2.70. The maximum Gasteiger partial charge on any atom is 0.321 e. The average Bonchev–Trinajstić information content (AvgIpc) is 3.21. The highest BCUT2D eigenvalue weighted by Crippen LogP contribution is 2.50. The summed E-state index contributed by atoms with van der Waals surface area (Å²) in [6, 6.07) is 24.5. The van der Waals surface area contributed by atoms with E-state index in [9.17, 15) is 13.2 Å². The van der Waals surface area contributed by atoms with Crippen LogP contribution >= 0.6 is 28.3 Å². The molecule has 11 heteroatoms. The molecular weight excluding hydrogens is 628 g/mol. The van der Waals surface area contributed by atoms with Gasteiger partial charge in [-0.25, -0.2) is 0 Å². The molecule has 0 aromatic heterocycles. The first kappa shape index (κ1) is 31.6. The van der Waals surface area contributed by atoms with E-state index >= 15 is 0 Å². The SMILES string of the molecule is CS(=O)(=O)[N+]1(NC(=O)C(COCc2ccccc2)NCc2cccc(Br)c2)CC2(CCNCC2)c2ccccc21.Cl. The molecule has 2 aliphatic rings. The Kier molecular flexibility index (Phi) is 10.3. The first-order chi connectivity index (χ1) is 19.2. The van der Waals surface area contributed by atoms with Gasteiger partial charge in [0.2, 0.25) is 0 Å². The summed E-state index contributed by atoms with van der Waals surface area (Å²) in [7, 11) is -3.81. The molecule has 3 aromatic rings. The number of amides is 1. The van der Waals surface area contributed by atoms with Crippen LogP contribution < -0.4 is 20.1 Å². The number of hydrogen-bond acceptors (Lipinski definition) is 6. The Bertz CT molecular complexity index is 1450. The average molecular weight is 665 g/mol. The monoisotopic (exact) mass is 663 g/mol. The lowest BCUT2D eigenvalue weighted by molar-refractivity contribution is -0.127. The zero-order valence-electron chi connectivity index (χ0n) is 23.0. The third kappa shape index (κ3) is 6.85. The van der Waals surface area contributed by atoms with Crippen LogP contribution in [-0.4, -0.2) is 52.9 Å². The van der Waals surface area contributed by atoms with E-state index in [1.807, 2.05) is 78.9 Å². The molecule has 1 spiro atoms. The number of quaternary nitrogens is 1. The molecule has 2 atom stereocenters. The van der Waals surface area contributed by atoms with Crippen LogP contribution in [-0.2, 0) is 38.1 Å². The van der Waals surface area contributed by atoms with Gasteiger partial charge in [-0.15, -0.1) is 12.4 Å². The van der Waals surface area contributed by atoms with Crippen LogP contribution in [0.15, 0.2) is 83.3 Å². The maximum atomic E-state index is 14.0. The predicted octanol–water partition coefficient (Wildman–Crippen LogP) is 4.18. The molecule has 3 N–H and O–H groups in total. The highest BCUT2D eigenvalue weighted by molar-refractivity contribution is 9.10. The maximum absolute atomic E-state index is 14.0. The van der Waals surface area contributed by atoms with Crippen LogP contribution in [0, 0.1) is 0 Å². The van der Waals surface area contributed by atoms with E-state index in [1.54, 1.807) is 0 Å². The molecule has 1 amide bonds. The van der Waals surface area contributed by atoms with Crippen molar-refractivity contribution in [1.82, 2.24) is 20.1 Å². The molecule has 1 fully saturated rings. The standard InChI is InChI=1S/C30H35BrN4O4S.ClH/c1-40(37,38)35(22-30(14-16-32-17-15-30)26-12-5-6-13-28(26)35)34-29(36)27(21-39-20-23-8-3-2-4-9-23)33-19-24-10-7-11-25(31)18-24;/h2-13,18,27,32-33H,14-17,19-22H2,1H3;1H/p+1. The van der Waals surface area contributed by atoms with Crippen LogP contribution in [0.5, 0.6) is 0 Å². The Labute approximate surface area is 257 Å². The summed E-state index contributed by atoms with van der Waals surface area (Å²) in [5, 5.41) is 6.71. The summed E-state index contributed by atoms with van der Waals surface area (Å²) in [6.07, 6.45) is 2.82. The van der Waals surface area contributed by atoms with Crippen molar-refractivity contribution in [3.63, 3.8) is 0 Å². The fourth-order valence-corrected chi connectivity index (χ4v) is 7.59. The van der Waals surface area contributed by atoms with Crippen LogP contribution in [0.3, 0.4) is 0 Å². The van der Waals surface area contributed by atoms with Crippen LogP contribution in [0.25, 0.3) is 0 Å². The van der Waals surface area contributed by atoms with Crippen LogP contribution in [0.1, 0.15) is 29.5 Å². The van der Waals surface area contributed by atoms with Gasteiger partial charge in [0.25, 0.3) is 5.91 Å². The molecular formula is C30H37BrClN4O4S+. The second-order valence-corrected chi connectivity index (χ2v) is 13.7. The van der Waals surface area contributed by atoms with Crippen molar-refractivity contribution in [1.29, 1.82) is 0 Å². The first-order valence-corrected chi connectivity index (χ1v) is 16.2. The van der Waals surface area contributed by atoms with Crippen LogP contribution in [0.4, 0.5) is 5.69 Å². The normalized spacial score (nSPS) is 20.1. The number of fused-ring (bicyclic) bond motifs is 2. The number of ether oxygens (including phenoxy) is 1. The zero-order chi connectivity index (χ0) is 28.2. The van der Waals surface area contributed by atoms with Crippen molar-refractivity contribution in [3.8, 4) is 0 Å². The molecule has 3 aromatic carbocycles. The number of sulfonamides is 1. The lowest BCUT2D eigenvalue weighted by Crippen LogP contribution is -2.68. The number of hydrogen-bond donors (Lipinski definition) is 3. The van der Waals surface area contributed by atoms with E-state index < -0.39 is 26.0 Å². The van der Waals surface area contributed by atoms with Crippen molar-refractivity contribution in [2.24, 2.45) is 0 Å². The van der Waals surface area contributed by atoms with Gasteiger partial charge in [0.15, 0.2) is 5.69 Å². The van der Waals surface area contributed by atoms with E-state index in [4.69, 9.17) is 4.74 Å². The van der Waals surface area contributed by atoms with Crippen LogP contribution in [0.2, 0.25) is 0 Å². The Morgan fingerprint density at radius 3 is 2.41 bits per heavy atom. The number of nitrogens with one attached hydrogen (secondary N) is 3. The summed E-state index contributed by atoms with van der Waals surface area (Å²) < 4.78 is 33.5. The summed E-state index contributed by atoms with van der Waals surface area (Å²) in [5.41, 5.74) is 6.27. The molecule has 0 bridgehead atoms. The van der Waals surface area contributed by atoms with Gasteiger partial charge in [-0.05, 0) is 49.2 Å². The minimum absolute atomic E-state index is 0. The van der Waals surface area contributed by atoms with Crippen molar-refractivity contribution in [2.45, 2.75) is 37.5 Å². The number of rotatable bonds is 10. The Morgan fingerprint density at radius 2 is 1.71 bits per heavy atom. The van der Waals surface area contributed by atoms with Gasteiger partial charge in [0, 0.05) is 22.6 Å². The molecule has 0 saturated carbocycles. The van der Waals surface area contributed by atoms with Crippen molar-refractivity contribution < 1.29 is 17.9 Å². The van der Waals surface area contributed by atoms with E-state index in [-0.39, 0.29) is 31.0 Å². The summed E-state index contributed by atoms with van der Waals surface area (Å²) in [5.74, 6) is -0.422. The van der Waals surface area contributed by atoms with E-state index in [2.05, 4.69) is 32.0 Å². The minimum Gasteiger partial charge on any atom is -0.375 e. The molecule has 1 saturated heterocycles. The topological polar surface area (TPSA) is 96.5 Å². The molecule has 0 aliphatic carbocycles. The number of carbonyl (C=O) groups is 1. The lowest BCUT2D eigenvalue weighted by Gasteiger charge is -2.36. The number of piperidine rings is 1. The van der Waals surface area contributed by atoms with E-state index in [0.29, 0.717) is 18.8 Å². The smallest absolute Gasteiger partial charge is 0.321 e. The molecule has 2 heterocycles. The largest absolute Gasteiger partial charge is 0.375 e. The Hall–Kier alpha value is -2.31. The summed E-state index contributed by atoms with van der Waals surface area (Å²) in [4.78, 5) is 14.0. The fourth-order valence-electron chi connectivity index (χ4n) is 5.89. The summed E-state index contributed by atoms with van der Waals surface area (Å²) >= 11 is 3.50. The van der Waals surface area contributed by atoms with Gasteiger partial charge in [-0.2, -0.15) is 13.8 Å². The van der Waals surface area contributed by atoms with Crippen molar-refractivity contribution >= 4 is 50.0 Å². The molecule has 8 nitrogen and oxygen atoms in total. The van der Waals surface area contributed by atoms with E-state index in [1.165, 1.54) is 6.26 Å². The van der Waals surface area contributed by atoms with Crippen molar-refractivity contribution in [2.75, 3.05) is 32.5 Å². The van der Waals surface area contributed by atoms with Crippen molar-refractivity contribution in [3.05, 3.63) is 100 Å². The third-order valence-corrected chi connectivity index (χ3v) is 10.0. The third-order valence-electron chi connectivity index (χ3n) is 7.96. The molecule has 2 unspecified atom stereocenters. The number of para-hydroxylation sites is 1. The van der Waals surface area contributed by atoms with Gasteiger partial charge < -0.3 is 10.1 Å². The van der Waals surface area contributed by atoms with Gasteiger partial charge in [-0.3, -0.25) is 10.1 Å². The second kappa shape index (κ2) is 13.3.